The van der Waals surface area contributed by atoms with Gasteiger partial charge in [-0.3, -0.25) is 4.79 Å². The van der Waals surface area contributed by atoms with E-state index in [0.29, 0.717) is 17.9 Å². The third-order valence-corrected chi connectivity index (χ3v) is 4.48. The summed E-state index contributed by atoms with van der Waals surface area (Å²) >= 11 is 0. The van der Waals surface area contributed by atoms with E-state index in [0.717, 1.165) is 5.56 Å². The number of carbonyl (C=O) groups excluding carboxylic acids is 1. The van der Waals surface area contributed by atoms with Crippen LogP contribution in [0.1, 0.15) is 30.4 Å². The quantitative estimate of drug-likeness (QED) is 0.857. The largest absolute Gasteiger partial charge is 0.431 e. The number of hydrazone groups is 1. The van der Waals surface area contributed by atoms with Gasteiger partial charge in [0.05, 0.1) is 6.42 Å². The number of hydrogen-bond acceptors (Lipinski definition) is 3. The molecule has 1 aliphatic rings. The first kappa shape index (κ1) is 19.1. The molecule has 0 bridgehead atoms. The number of nitrogens with zero attached hydrogens (tertiary/aromatic N) is 2. The Hall–Kier alpha value is -2.67. The van der Waals surface area contributed by atoms with Crippen molar-refractivity contribution in [1.29, 1.82) is 0 Å². The molecule has 1 aliphatic heterocycles. The number of amides is 1. The molecule has 27 heavy (non-hydrogen) atoms. The van der Waals surface area contributed by atoms with Gasteiger partial charge in [0, 0.05) is 12.0 Å². The van der Waals surface area contributed by atoms with Crippen molar-refractivity contribution in [2.24, 2.45) is 5.10 Å². The molecule has 1 heterocycles. The molecule has 0 aliphatic carbocycles. The van der Waals surface area contributed by atoms with Gasteiger partial charge in [0.15, 0.2) is 5.72 Å². The van der Waals surface area contributed by atoms with Crippen LogP contribution < -0.4 is 0 Å². The summed E-state index contributed by atoms with van der Waals surface area (Å²) in [6.45, 7) is 0. The minimum Gasteiger partial charge on any atom is -0.365 e. The minimum atomic E-state index is -4.71. The van der Waals surface area contributed by atoms with Gasteiger partial charge in [-0.1, -0.05) is 60.7 Å². The van der Waals surface area contributed by atoms with Crippen LogP contribution in [0.25, 0.3) is 0 Å². The normalized spacial score (nSPS) is 19.9. The van der Waals surface area contributed by atoms with Crippen LogP contribution in [0.2, 0.25) is 0 Å². The topological polar surface area (TPSA) is 52.9 Å². The van der Waals surface area contributed by atoms with Crippen LogP contribution in [0.4, 0.5) is 13.2 Å². The molecular formula is C20H19F3N2O2. The van der Waals surface area contributed by atoms with Gasteiger partial charge in [-0.15, -0.1) is 0 Å². The van der Waals surface area contributed by atoms with Crippen molar-refractivity contribution < 1.29 is 23.1 Å². The highest BCUT2D eigenvalue weighted by Gasteiger charge is 2.52. The van der Waals surface area contributed by atoms with E-state index in [2.05, 4.69) is 5.10 Å². The molecule has 7 heteroatoms. The highest BCUT2D eigenvalue weighted by molar-refractivity contribution is 5.94. The van der Waals surface area contributed by atoms with Gasteiger partial charge >= 0.3 is 6.18 Å². The maximum atomic E-state index is 13.2. The van der Waals surface area contributed by atoms with E-state index in [-0.39, 0.29) is 12.0 Å². The molecule has 0 spiro atoms. The second-order valence-electron chi connectivity index (χ2n) is 6.45. The van der Waals surface area contributed by atoms with Crippen LogP contribution in [-0.4, -0.2) is 27.9 Å². The number of aliphatic hydroxyl groups is 1. The molecule has 0 unspecified atom stereocenters. The number of halogens is 3. The third-order valence-electron chi connectivity index (χ3n) is 4.48. The van der Waals surface area contributed by atoms with Gasteiger partial charge in [0.25, 0.3) is 0 Å². The maximum Gasteiger partial charge on any atom is 0.431 e. The van der Waals surface area contributed by atoms with Gasteiger partial charge in [-0.25, -0.2) is 0 Å². The third kappa shape index (κ3) is 4.19. The van der Waals surface area contributed by atoms with Crippen molar-refractivity contribution >= 4 is 11.6 Å². The Bertz CT molecular complexity index is 822. The lowest BCUT2D eigenvalue weighted by atomic mass is 9.96. The Morgan fingerprint density at radius 3 is 2.26 bits per heavy atom. The SMILES string of the molecule is O=C(CCCc1ccccc1)N1N=C(C(F)(F)F)C[C@]1(O)c1ccccc1. The second-order valence-corrected chi connectivity index (χ2v) is 6.45. The summed E-state index contributed by atoms with van der Waals surface area (Å²) in [5.41, 5.74) is -2.06. The van der Waals surface area contributed by atoms with E-state index >= 15 is 0 Å². The number of rotatable bonds is 5. The monoisotopic (exact) mass is 376 g/mol. The van der Waals surface area contributed by atoms with Gasteiger partial charge < -0.3 is 5.11 Å². The first-order valence-corrected chi connectivity index (χ1v) is 8.60. The maximum absolute atomic E-state index is 13.2. The van der Waals surface area contributed by atoms with Gasteiger partial charge in [0.1, 0.15) is 5.71 Å². The Morgan fingerprint density at radius 1 is 1.07 bits per heavy atom. The van der Waals surface area contributed by atoms with Crippen LogP contribution in [-0.2, 0) is 16.9 Å². The predicted molar refractivity (Wildman–Crippen MR) is 94.7 cm³/mol. The smallest absolute Gasteiger partial charge is 0.365 e. The Morgan fingerprint density at radius 2 is 1.67 bits per heavy atom. The molecule has 4 nitrogen and oxygen atoms in total. The van der Waals surface area contributed by atoms with Crippen molar-refractivity contribution in [3.05, 3.63) is 71.8 Å². The molecule has 1 amide bonds. The molecular weight excluding hydrogens is 357 g/mol. The minimum absolute atomic E-state index is 0.0152. The zero-order valence-electron chi connectivity index (χ0n) is 14.5. The summed E-state index contributed by atoms with van der Waals surface area (Å²) in [6.07, 6.45) is -4.45. The van der Waals surface area contributed by atoms with E-state index < -0.39 is 29.9 Å². The molecule has 142 valence electrons. The van der Waals surface area contributed by atoms with Crippen LogP contribution in [0, 0.1) is 0 Å². The van der Waals surface area contributed by atoms with Gasteiger partial charge in [-0.2, -0.15) is 23.3 Å². The van der Waals surface area contributed by atoms with E-state index in [4.69, 9.17) is 0 Å². The Labute approximate surface area is 154 Å². The molecule has 3 rings (SSSR count). The summed E-state index contributed by atoms with van der Waals surface area (Å²) in [6, 6.07) is 17.3. The van der Waals surface area contributed by atoms with Crippen molar-refractivity contribution in [2.45, 2.75) is 37.6 Å². The lowest BCUT2D eigenvalue weighted by Gasteiger charge is -2.31. The van der Waals surface area contributed by atoms with Crippen molar-refractivity contribution in [3.8, 4) is 0 Å². The highest BCUT2D eigenvalue weighted by Crippen LogP contribution is 2.39. The molecule has 0 saturated carbocycles. The summed E-state index contributed by atoms with van der Waals surface area (Å²) in [7, 11) is 0. The second kappa shape index (κ2) is 7.52. The molecule has 2 aromatic rings. The molecule has 2 aromatic carbocycles. The van der Waals surface area contributed by atoms with Crippen LogP contribution in [0.3, 0.4) is 0 Å². The van der Waals surface area contributed by atoms with Crippen LogP contribution >= 0.6 is 0 Å². The first-order valence-electron chi connectivity index (χ1n) is 8.60. The fourth-order valence-corrected chi connectivity index (χ4v) is 3.09. The van der Waals surface area contributed by atoms with E-state index in [9.17, 15) is 23.1 Å². The molecule has 0 fully saturated rings. The number of alkyl halides is 3. The average Bonchev–Trinajstić information content (AvgIpc) is 3.03. The van der Waals surface area contributed by atoms with E-state index in [1.807, 2.05) is 30.3 Å². The van der Waals surface area contributed by atoms with Crippen molar-refractivity contribution in [1.82, 2.24) is 5.01 Å². The fraction of sp³-hybridized carbons (Fsp3) is 0.300. The van der Waals surface area contributed by atoms with Gasteiger partial charge in [0.2, 0.25) is 5.91 Å². The molecule has 1 N–H and O–H groups in total. The predicted octanol–water partition coefficient (Wildman–Crippen LogP) is 4.01. The van der Waals surface area contributed by atoms with Crippen molar-refractivity contribution in [2.75, 3.05) is 0 Å². The lowest BCUT2D eigenvalue weighted by Crippen LogP contribution is -2.43. The first-order chi connectivity index (χ1) is 12.8. The van der Waals surface area contributed by atoms with Crippen molar-refractivity contribution in [3.63, 3.8) is 0 Å². The van der Waals surface area contributed by atoms with Crippen LogP contribution in [0.15, 0.2) is 65.8 Å². The standard InChI is InChI=1S/C20H19F3N2O2/c21-20(22,23)17-14-19(27,16-11-5-2-6-12-16)25(24-17)18(26)13-7-10-15-8-3-1-4-9-15/h1-6,8-9,11-12,27H,7,10,13-14H2/t19-/m0/s1. The van der Waals surface area contributed by atoms with E-state index in [1.54, 1.807) is 18.2 Å². The molecule has 1 atom stereocenters. The summed E-state index contributed by atoms with van der Waals surface area (Å²) in [5.74, 6) is -0.642. The fourth-order valence-electron chi connectivity index (χ4n) is 3.09. The lowest BCUT2D eigenvalue weighted by molar-refractivity contribution is -0.158. The zero-order chi connectivity index (χ0) is 19.5. The van der Waals surface area contributed by atoms with E-state index in [1.165, 1.54) is 12.1 Å². The number of hydrogen-bond donors (Lipinski definition) is 1. The Kier molecular flexibility index (Phi) is 5.32. The van der Waals surface area contributed by atoms with Gasteiger partial charge in [-0.05, 0) is 18.4 Å². The average molecular weight is 376 g/mol. The number of benzene rings is 2. The van der Waals surface area contributed by atoms with Crippen LogP contribution in [0.5, 0.6) is 0 Å². The number of carbonyl (C=O) groups is 1. The summed E-state index contributed by atoms with van der Waals surface area (Å²) < 4.78 is 39.5. The highest BCUT2D eigenvalue weighted by atomic mass is 19.4. The molecule has 0 radical (unpaired) electrons. The molecule has 0 saturated heterocycles. The summed E-state index contributed by atoms with van der Waals surface area (Å²) in [5, 5.41) is 15.0. The zero-order valence-corrected chi connectivity index (χ0v) is 14.5. The molecule has 0 aromatic heterocycles. The Balaban J connectivity index is 1.78. The number of aryl methyl sites for hydroxylation is 1. The summed E-state index contributed by atoms with van der Waals surface area (Å²) in [4.78, 5) is 12.6.